The number of aromatic nitrogens is 1. The fourth-order valence-corrected chi connectivity index (χ4v) is 2.98. The van der Waals surface area contributed by atoms with E-state index in [1.165, 1.54) is 19.4 Å². The maximum absolute atomic E-state index is 11.2. The second-order valence-corrected chi connectivity index (χ2v) is 5.24. The highest BCUT2D eigenvalue weighted by atomic mass is 16.1. The Balaban J connectivity index is 1.73. The van der Waals surface area contributed by atoms with Gasteiger partial charge in [-0.15, -0.1) is 0 Å². The molecule has 0 radical (unpaired) electrons. The van der Waals surface area contributed by atoms with Crippen molar-refractivity contribution >= 4 is 11.6 Å². The van der Waals surface area contributed by atoms with Gasteiger partial charge in [-0.3, -0.25) is 9.69 Å². The molecular weight excluding hydrogens is 226 g/mol. The zero-order chi connectivity index (χ0) is 12.5. The Morgan fingerprint density at radius 2 is 2.22 bits per heavy atom. The largest absolute Gasteiger partial charge is 0.354 e. The molecule has 4 nitrogen and oxygen atoms in total. The molecule has 3 heterocycles. The van der Waals surface area contributed by atoms with Gasteiger partial charge in [0.05, 0.1) is 0 Å². The Labute approximate surface area is 108 Å². The summed E-state index contributed by atoms with van der Waals surface area (Å²) >= 11 is 0. The molecule has 96 valence electrons. The lowest BCUT2D eigenvalue weighted by Gasteiger charge is -2.38. The third-order valence-electron chi connectivity index (χ3n) is 4.07. The lowest BCUT2D eigenvalue weighted by atomic mass is 10.1. The van der Waals surface area contributed by atoms with Gasteiger partial charge in [0.25, 0.3) is 0 Å². The van der Waals surface area contributed by atoms with Crippen LogP contribution in [0.3, 0.4) is 0 Å². The van der Waals surface area contributed by atoms with Gasteiger partial charge in [-0.2, -0.15) is 0 Å². The van der Waals surface area contributed by atoms with E-state index in [-0.39, 0.29) is 5.78 Å². The van der Waals surface area contributed by atoms with Gasteiger partial charge in [-0.1, -0.05) is 0 Å². The SMILES string of the molecule is CC(=O)c1ccc(N2CCN3CCCC3C2)nc1. The Bertz CT molecular complexity index is 443. The summed E-state index contributed by atoms with van der Waals surface area (Å²) in [5.41, 5.74) is 0.693. The maximum Gasteiger partial charge on any atom is 0.161 e. The van der Waals surface area contributed by atoms with Crippen molar-refractivity contribution in [2.75, 3.05) is 31.1 Å². The summed E-state index contributed by atoms with van der Waals surface area (Å²) < 4.78 is 0. The van der Waals surface area contributed by atoms with Crippen LogP contribution in [0.25, 0.3) is 0 Å². The zero-order valence-corrected chi connectivity index (χ0v) is 10.8. The minimum absolute atomic E-state index is 0.0784. The summed E-state index contributed by atoms with van der Waals surface area (Å²) in [6, 6.07) is 4.56. The average molecular weight is 245 g/mol. The molecule has 1 atom stereocenters. The van der Waals surface area contributed by atoms with Crippen LogP contribution in [0.1, 0.15) is 30.1 Å². The van der Waals surface area contributed by atoms with Gasteiger partial charge in [0.1, 0.15) is 5.82 Å². The van der Waals surface area contributed by atoms with Crippen molar-refractivity contribution in [2.24, 2.45) is 0 Å². The van der Waals surface area contributed by atoms with Crippen LogP contribution in [0, 0.1) is 0 Å². The quantitative estimate of drug-likeness (QED) is 0.741. The van der Waals surface area contributed by atoms with E-state index < -0.39 is 0 Å². The van der Waals surface area contributed by atoms with Crippen molar-refractivity contribution in [1.29, 1.82) is 0 Å². The lowest BCUT2D eigenvalue weighted by Crippen LogP contribution is -2.50. The summed E-state index contributed by atoms with van der Waals surface area (Å²) in [7, 11) is 0. The Kier molecular flexibility index (Phi) is 3.04. The van der Waals surface area contributed by atoms with E-state index in [2.05, 4.69) is 14.8 Å². The van der Waals surface area contributed by atoms with Gasteiger partial charge in [0, 0.05) is 37.4 Å². The molecular formula is C14H19N3O. The van der Waals surface area contributed by atoms with Crippen LogP contribution >= 0.6 is 0 Å². The van der Waals surface area contributed by atoms with E-state index in [0.29, 0.717) is 11.6 Å². The number of hydrogen-bond acceptors (Lipinski definition) is 4. The predicted molar refractivity (Wildman–Crippen MR) is 71.0 cm³/mol. The van der Waals surface area contributed by atoms with Crippen molar-refractivity contribution in [2.45, 2.75) is 25.8 Å². The maximum atomic E-state index is 11.2. The van der Waals surface area contributed by atoms with Crippen LogP contribution in [0.2, 0.25) is 0 Å². The summed E-state index contributed by atoms with van der Waals surface area (Å²) in [6.45, 7) is 6.10. The second kappa shape index (κ2) is 4.69. The second-order valence-electron chi connectivity index (χ2n) is 5.24. The van der Waals surface area contributed by atoms with Crippen molar-refractivity contribution < 1.29 is 4.79 Å². The van der Waals surface area contributed by atoms with Crippen molar-refractivity contribution in [3.8, 4) is 0 Å². The van der Waals surface area contributed by atoms with E-state index in [1.807, 2.05) is 12.1 Å². The van der Waals surface area contributed by atoms with Crippen LogP contribution in [0.4, 0.5) is 5.82 Å². The Morgan fingerprint density at radius 3 is 2.94 bits per heavy atom. The van der Waals surface area contributed by atoms with Gasteiger partial charge < -0.3 is 4.90 Å². The van der Waals surface area contributed by atoms with Crippen molar-refractivity contribution in [3.63, 3.8) is 0 Å². The third-order valence-corrected chi connectivity index (χ3v) is 4.07. The number of anilines is 1. The highest BCUT2D eigenvalue weighted by Gasteiger charge is 2.30. The lowest BCUT2D eigenvalue weighted by molar-refractivity contribution is 0.101. The summed E-state index contributed by atoms with van der Waals surface area (Å²) in [4.78, 5) is 20.6. The highest BCUT2D eigenvalue weighted by molar-refractivity contribution is 5.93. The fourth-order valence-electron chi connectivity index (χ4n) is 2.98. The standard InChI is InChI=1S/C14H19N3O/c1-11(18)12-4-5-14(15-9-12)17-8-7-16-6-2-3-13(16)10-17/h4-5,9,13H,2-3,6-8,10H2,1H3. The van der Waals surface area contributed by atoms with Crippen LogP contribution in [0.5, 0.6) is 0 Å². The van der Waals surface area contributed by atoms with E-state index in [0.717, 1.165) is 25.5 Å². The summed E-state index contributed by atoms with van der Waals surface area (Å²) in [6.07, 6.45) is 4.33. The van der Waals surface area contributed by atoms with E-state index in [1.54, 1.807) is 13.1 Å². The van der Waals surface area contributed by atoms with Crippen molar-refractivity contribution in [1.82, 2.24) is 9.88 Å². The van der Waals surface area contributed by atoms with E-state index >= 15 is 0 Å². The molecule has 0 spiro atoms. The van der Waals surface area contributed by atoms with Gasteiger partial charge >= 0.3 is 0 Å². The number of carbonyl (C=O) groups is 1. The predicted octanol–water partition coefficient (Wildman–Crippen LogP) is 1.57. The summed E-state index contributed by atoms with van der Waals surface area (Å²) in [5.74, 6) is 1.08. The van der Waals surface area contributed by atoms with Gasteiger partial charge in [-0.25, -0.2) is 4.98 Å². The topological polar surface area (TPSA) is 36.4 Å². The molecule has 0 aliphatic carbocycles. The van der Waals surface area contributed by atoms with Crippen LogP contribution in [-0.4, -0.2) is 47.9 Å². The van der Waals surface area contributed by atoms with E-state index in [4.69, 9.17) is 0 Å². The Hall–Kier alpha value is -1.42. The number of rotatable bonds is 2. The number of carbonyl (C=O) groups excluding carboxylic acids is 1. The highest BCUT2D eigenvalue weighted by Crippen LogP contribution is 2.24. The molecule has 0 saturated carbocycles. The molecule has 0 N–H and O–H groups in total. The number of nitrogens with zero attached hydrogens (tertiary/aromatic N) is 3. The number of fused-ring (bicyclic) bond motifs is 1. The molecule has 1 unspecified atom stereocenters. The molecule has 0 aromatic carbocycles. The third kappa shape index (κ3) is 2.12. The molecule has 2 fully saturated rings. The monoisotopic (exact) mass is 245 g/mol. The molecule has 18 heavy (non-hydrogen) atoms. The minimum Gasteiger partial charge on any atom is -0.354 e. The zero-order valence-electron chi connectivity index (χ0n) is 10.8. The number of ketones is 1. The Morgan fingerprint density at radius 1 is 1.33 bits per heavy atom. The first-order chi connectivity index (χ1) is 8.74. The first-order valence-corrected chi connectivity index (χ1v) is 6.70. The first-order valence-electron chi connectivity index (χ1n) is 6.70. The molecule has 2 aliphatic rings. The molecule has 2 saturated heterocycles. The number of Topliss-reactive ketones (excluding diaryl/α,β-unsaturated/α-hetero) is 1. The van der Waals surface area contributed by atoms with Crippen molar-refractivity contribution in [3.05, 3.63) is 23.9 Å². The molecule has 4 heteroatoms. The van der Waals surface area contributed by atoms with Gasteiger partial charge in [0.2, 0.25) is 0 Å². The molecule has 0 amide bonds. The number of hydrogen-bond donors (Lipinski definition) is 0. The summed E-state index contributed by atoms with van der Waals surface area (Å²) in [5, 5.41) is 0. The fraction of sp³-hybridized carbons (Fsp3) is 0.571. The van der Waals surface area contributed by atoms with Gasteiger partial charge in [0.15, 0.2) is 5.78 Å². The smallest absolute Gasteiger partial charge is 0.161 e. The molecule has 2 aliphatic heterocycles. The number of pyridine rings is 1. The molecule has 1 aromatic heterocycles. The minimum atomic E-state index is 0.0784. The molecule has 3 rings (SSSR count). The normalized spacial score (nSPS) is 24.1. The first kappa shape index (κ1) is 11.7. The average Bonchev–Trinajstić information content (AvgIpc) is 2.86. The number of piperazine rings is 1. The van der Waals surface area contributed by atoms with Crippen LogP contribution in [-0.2, 0) is 0 Å². The van der Waals surface area contributed by atoms with Gasteiger partial charge in [-0.05, 0) is 38.4 Å². The molecule has 0 bridgehead atoms. The van der Waals surface area contributed by atoms with Crippen LogP contribution < -0.4 is 4.90 Å². The van der Waals surface area contributed by atoms with Crippen LogP contribution in [0.15, 0.2) is 18.3 Å². The molecule has 1 aromatic rings. The van der Waals surface area contributed by atoms with E-state index in [9.17, 15) is 4.79 Å².